The molecule has 0 spiro atoms. The number of aromatic amines is 1. The van der Waals surface area contributed by atoms with Gasteiger partial charge >= 0.3 is 0 Å². The van der Waals surface area contributed by atoms with Crippen molar-refractivity contribution in [2.75, 3.05) is 0 Å². The number of H-pyrrole nitrogens is 1. The van der Waals surface area contributed by atoms with Crippen LogP contribution < -0.4 is 10.9 Å². The highest BCUT2D eigenvalue weighted by molar-refractivity contribution is 7.71. The standard InChI is InChI=1S/C22H16FN3O2S/c23-16-9-5-14(6-10-16)13-24-20(27)15-7-11-17(12-8-15)26-21(28)18-3-1-2-4-19(18)25-22(26)29/h1-12H,13H2,(H,24,27)(H,25,29). The third-order valence-corrected chi connectivity index (χ3v) is 4.84. The van der Waals surface area contributed by atoms with Crippen LogP contribution in [0.2, 0.25) is 0 Å². The quantitative estimate of drug-likeness (QED) is 0.502. The number of amides is 1. The number of carbonyl (C=O) groups is 1. The minimum absolute atomic E-state index is 0.224. The van der Waals surface area contributed by atoms with Crippen molar-refractivity contribution in [3.05, 3.63) is 105 Å². The topological polar surface area (TPSA) is 66.9 Å². The van der Waals surface area contributed by atoms with Gasteiger partial charge < -0.3 is 10.3 Å². The van der Waals surface area contributed by atoms with E-state index in [0.717, 1.165) is 5.56 Å². The van der Waals surface area contributed by atoms with E-state index in [0.29, 0.717) is 22.2 Å². The zero-order chi connectivity index (χ0) is 20.4. The van der Waals surface area contributed by atoms with E-state index >= 15 is 0 Å². The number of nitrogens with one attached hydrogen (secondary N) is 2. The number of hydrogen-bond donors (Lipinski definition) is 2. The van der Waals surface area contributed by atoms with Crippen molar-refractivity contribution in [2.24, 2.45) is 0 Å². The van der Waals surface area contributed by atoms with Crippen LogP contribution in [0.15, 0.2) is 77.6 Å². The van der Waals surface area contributed by atoms with Gasteiger partial charge in [-0.1, -0.05) is 24.3 Å². The van der Waals surface area contributed by atoms with Crippen LogP contribution in [-0.4, -0.2) is 15.5 Å². The van der Waals surface area contributed by atoms with Crippen LogP contribution in [0.1, 0.15) is 15.9 Å². The van der Waals surface area contributed by atoms with Gasteiger partial charge in [0.05, 0.1) is 16.6 Å². The molecule has 2 N–H and O–H groups in total. The first-order valence-corrected chi connectivity index (χ1v) is 9.31. The molecule has 0 radical (unpaired) electrons. The molecule has 0 bridgehead atoms. The Balaban J connectivity index is 1.57. The van der Waals surface area contributed by atoms with Crippen molar-refractivity contribution in [1.29, 1.82) is 0 Å². The molecule has 4 rings (SSSR count). The molecular weight excluding hydrogens is 389 g/mol. The van der Waals surface area contributed by atoms with Gasteiger partial charge in [0, 0.05) is 12.1 Å². The average Bonchev–Trinajstić information content (AvgIpc) is 2.73. The highest BCUT2D eigenvalue weighted by Gasteiger charge is 2.09. The van der Waals surface area contributed by atoms with Crippen molar-refractivity contribution >= 4 is 29.0 Å². The minimum Gasteiger partial charge on any atom is -0.348 e. The Bertz CT molecular complexity index is 1310. The lowest BCUT2D eigenvalue weighted by Gasteiger charge is -2.09. The van der Waals surface area contributed by atoms with Crippen LogP contribution >= 0.6 is 12.2 Å². The number of halogens is 1. The summed E-state index contributed by atoms with van der Waals surface area (Å²) in [6.45, 7) is 0.288. The molecule has 0 atom stereocenters. The van der Waals surface area contributed by atoms with Crippen molar-refractivity contribution in [1.82, 2.24) is 14.9 Å². The van der Waals surface area contributed by atoms with Crippen LogP contribution in [0.4, 0.5) is 4.39 Å². The smallest absolute Gasteiger partial charge is 0.266 e. The lowest BCUT2D eigenvalue weighted by Crippen LogP contribution is -2.23. The number of fused-ring (bicyclic) bond motifs is 1. The van der Waals surface area contributed by atoms with E-state index in [2.05, 4.69) is 10.3 Å². The molecule has 0 fully saturated rings. The van der Waals surface area contributed by atoms with Gasteiger partial charge in [-0.15, -0.1) is 0 Å². The highest BCUT2D eigenvalue weighted by atomic mass is 32.1. The van der Waals surface area contributed by atoms with Gasteiger partial charge in [-0.2, -0.15) is 0 Å². The number of benzene rings is 3. The molecule has 144 valence electrons. The third-order valence-electron chi connectivity index (χ3n) is 4.56. The second-order valence-corrected chi connectivity index (χ2v) is 6.86. The van der Waals surface area contributed by atoms with Crippen molar-refractivity contribution in [3.8, 4) is 5.69 Å². The third kappa shape index (κ3) is 3.86. The van der Waals surface area contributed by atoms with E-state index in [-0.39, 0.29) is 28.6 Å². The molecule has 7 heteroatoms. The van der Waals surface area contributed by atoms with Crippen LogP contribution in [0.5, 0.6) is 0 Å². The Hall–Kier alpha value is -3.58. The molecule has 0 unspecified atom stereocenters. The Labute approximate surface area is 170 Å². The SMILES string of the molecule is O=C(NCc1ccc(F)cc1)c1ccc(-n2c(=S)[nH]c3ccccc3c2=O)cc1. The fraction of sp³-hybridized carbons (Fsp3) is 0.0455. The van der Waals surface area contributed by atoms with Gasteiger partial charge in [-0.3, -0.25) is 14.2 Å². The Morgan fingerprint density at radius 1 is 1.00 bits per heavy atom. The number of hydrogen-bond acceptors (Lipinski definition) is 3. The molecule has 0 saturated carbocycles. The summed E-state index contributed by atoms with van der Waals surface area (Å²) in [5, 5.41) is 3.31. The number of carbonyl (C=O) groups excluding carboxylic acids is 1. The van der Waals surface area contributed by atoms with Crippen molar-refractivity contribution in [3.63, 3.8) is 0 Å². The van der Waals surface area contributed by atoms with E-state index in [1.54, 1.807) is 54.6 Å². The van der Waals surface area contributed by atoms with Gasteiger partial charge in [0.2, 0.25) is 0 Å². The van der Waals surface area contributed by atoms with Crippen LogP contribution in [0.25, 0.3) is 16.6 Å². The summed E-state index contributed by atoms with van der Waals surface area (Å²) in [5.74, 6) is -0.588. The molecule has 0 aliphatic carbocycles. The summed E-state index contributed by atoms with van der Waals surface area (Å²) in [7, 11) is 0. The number of rotatable bonds is 4. The van der Waals surface area contributed by atoms with E-state index in [1.807, 2.05) is 6.07 Å². The molecule has 29 heavy (non-hydrogen) atoms. The second-order valence-electron chi connectivity index (χ2n) is 6.47. The fourth-order valence-corrected chi connectivity index (χ4v) is 3.34. The first kappa shape index (κ1) is 18.8. The largest absolute Gasteiger partial charge is 0.348 e. The molecule has 0 aliphatic rings. The second kappa shape index (κ2) is 7.81. The van der Waals surface area contributed by atoms with E-state index < -0.39 is 0 Å². The monoisotopic (exact) mass is 405 g/mol. The fourth-order valence-electron chi connectivity index (χ4n) is 3.05. The van der Waals surface area contributed by atoms with Crippen molar-refractivity contribution in [2.45, 2.75) is 6.54 Å². The predicted molar refractivity (Wildman–Crippen MR) is 112 cm³/mol. The highest BCUT2D eigenvalue weighted by Crippen LogP contribution is 2.12. The molecule has 4 aromatic rings. The molecule has 1 aromatic heterocycles. The van der Waals surface area contributed by atoms with Crippen LogP contribution in [-0.2, 0) is 6.54 Å². The lowest BCUT2D eigenvalue weighted by atomic mass is 10.1. The van der Waals surface area contributed by atoms with Gasteiger partial charge in [0.25, 0.3) is 11.5 Å². The molecule has 1 heterocycles. The summed E-state index contributed by atoms with van der Waals surface area (Å²) < 4.78 is 14.6. The van der Waals surface area contributed by atoms with Crippen molar-refractivity contribution < 1.29 is 9.18 Å². The summed E-state index contributed by atoms with van der Waals surface area (Å²) in [5.41, 5.74) is 2.26. The predicted octanol–water partition coefficient (Wildman–Crippen LogP) is 4.12. The first-order valence-electron chi connectivity index (χ1n) is 8.90. The summed E-state index contributed by atoms with van der Waals surface area (Å²) in [4.78, 5) is 28.2. The number of para-hydroxylation sites is 1. The Morgan fingerprint density at radius 3 is 2.41 bits per heavy atom. The molecule has 0 saturated heterocycles. The minimum atomic E-state index is -0.321. The van der Waals surface area contributed by atoms with Gasteiger partial charge in [0.1, 0.15) is 5.82 Å². The maximum Gasteiger partial charge on any atom is 0.266 e. The maximum absolute atomic E-state index is 13.0. The summed E-state index contributed by atoms with van der Waals surface area (Å²) in [6, 6.07) is 19.7. The Morgan fingerprint density at radius 2 is 1.69 bits per heavy atom. The van der Waals surface area contributed by atoms with Crippen LogP contribution in [0, 0.1) is 10.6 Å². The Kier molecular flexibility index (Phi) is 5.05. The lowest BCUT2D eigenvalue weighted by molar-refractivity contribution is 0.0951. The first-order chi connectivity index (χ1) is 14.0. The molecule has 0 aliphatic heterocycles. The zero-order valence-electron chi connectivity index (χ0n) is 15.2. The van der Waals surface area contributed by atoms with Crippen LogP contribution in [0.3, 0.4) is 0 Å². The molecule has 1 amide bonds. The maximum atomic E-state index is 13.0. The van der Waals surface area contributed by atoms with E-state index in [1.165, 1.54) is 16.7 Å². The normalized spacial score (nSPS) is 10.8. The number of aromatic nitrogens is 2. The summed E-state index contributed by atoms with van der Waals surface area (Å²) in [6.07, 6.45) is 0. The average molecular weight is 405 g/mol. The number of nitrogens with zero attached hydrogens (tertiary/aromatic N) is 1. The van der Waals surface area contributed by atoms with E-state index in [4.69, 9.17) is 12.2 Å². The van der Waals surface area contributed by atoms with E-state index in [9.17, 15) is 14.0 Å². The van der Waals surface area contributed by atoms with Gasteiger partial charge in [0.15, 0.2) is 4.77 Å². The summed E-state index contributed by atoms with van der Waals surface area (Å²) >= 11 is 5.34. The van der Waals surface area contributed by atoms with Gasteiger partial charge in [-0.05, 0) is 66.3 Å². The van der Waals surface area contributed by atoms with Gasteiger partial charge in [-0.25, -0.2) is 4.39 Å². The molecular formula is C22H16FN3O2S. The molecule has 3 aromatic carbocycles. The molecule has 5 nitrogen and oxygen atoms in total. The zero-order valence-corrected chi connectivity index (χ0v) is 16.0.